The minimum Gasteiger partial charge on any atom is -0.466 e. The van der Waals surface area contributed by atoms with Gasteiger partial charge in [0, 0.05) is 26.6 Å². The summed E-state index contributed by atoms with van der Waals surface area (Å²) in [5.74, 6) is 0.765. The Morgan fingerprint density at radius 3 is 2.74 bits per heavy atom. The molecule has 2 rings (SSSR count). The van der Waals surface area contributed by atoms with Crippen molar-refractivity contribution in [3.63, 3.8) is 0 Å². The molecule has 2 aromatic rings. The molecule has 5 nitrogen and oxygen atoms in total. The highest BCUT2D eigenvalue weighted by atomic mass is 79.9. The first kappa shape index (κ1) is 13.9. The number of ether oxygens (including phenoxy) is 2. The molecule has 0 bridgehead atoms. The molecule has 6 heteroatoms. The van der Waals surface area contributed by atoms with Gasteiger partial charge >= 0.3 is 0 Å². The van der Waals surface area contributed by atoms with E-state index in [2.05, 4.69) is 15.9 Å². The Hall–Kier alpha value is -1.53. The quantitative estimate of drug-likeness (QED) is 0.810. The Bertz CT molecular complexity index is 606. The maximum atomic E-state index is 11.8. The lowest BCUT2D eigenvalue weighted by atomic mass is 10.2. The number of hydrogen-bond acceptors (Lipinski definition) is 4. The molecule has 1 heterocycles. The first-order valence-electron chi connectivity index (χ1n) is 5.59. The maximum absolute atomic E-state index is 11.8. The fraction of sp³-hybridized carbons (Fsp3) is 0.308. The van der Waals surface area contributed by atoms with E-state index < -0.39 is 0 Å². The number of carbonyl (C=O) groups excluding carboxylic acids is 1. The third kappa shape index (κ3) is 2.90. The lowest BCUT2D eigenvalue weighted by molar-refractivity contribution is 0.0507. The zero-order valence-corrected chi connectivity index (χ0v) is 12.5. The third-order valence-corrected chi connectivity index (χ3v) is 3.14. The second kappa shape index (κ2) is 5.63. The highest BCUT2D eigenvalue weighted by Gasteiger charge is 2.15. The summed E-state index contributed by atoms with van der Waals surface area (Å²) >= 11 is 3.39. The summed E-state index contributed by atoms with van der Waals surface area (Å²) in [5, 5.41) is 0.805. The summed E-state index contributed by atoms with van der Waals surface area (Å²) in [6.45, 7) is 0.158. The molecule has 0 aliphatic heterocycles. The molecule has 0 N–H and O–H groups in total. The first-order valence-corrected chi connectivity index (χ1v) is 6.38. The van der Waals surface area contributed by atoms with Gasteiger partial charge in [-0.2, -0.15) is 0 Å². The van der Waals surface area contributed by atoms with E-state index in [1.807, 2.05) is 0 Å². The Kier molecular flexibility index (Phi) is 4.11. The van der Waals surface area contributed by atoms with Crippen molar-refractivity contribution in [1.29, 1.82) is 0 Å². The predicted octanol–water partition coefficient (Wildman–Crippen LogP) is 2.88. The summed E-state index contributed by atoms with van der Waals surface area (Å²) < 4.78 is 16.5. The van der Waals surface area contributed by atoms with Crippen LogP contribution < -0.4 is 4.74 Å². The number of nitrogens with zero attached hydrogens (tertiary/aromatic N) is 1. The zero-order valence-electron chi connectivity index (χ0n) is 10.9. The number of rotatable bonds is 4. The molecular formula is C13H14BrNO4. The molecule has 1 aromatic carbocycles. The molecule has 0 fully saturated rings. The molecule has 102 valence electrons. The number of hydrogen-bond donors (Lipinski definition) is 0. The van der Waals surface area contributed by atoms with E-state index in [1.165, 1.54) is 4.90 Å². The van der Waals surface area contributed by atoms with Crippen LogP contribution in [-0.4, -0.2) is 38.8 Å². The van der Waals surface area contributed by atoms with Gasteiger partial charge in [-0.1, -0.05) is 0 Å². The van der Waals surface area contributed by atoms with Crippen molar-refractivity contribution in [3.8, 4) is 5.75 Å². The maximum Gasteiger partial charge on any atom is 0.289 e. The summed E-state index contributed by atoms with van der Waals surface area (Å²) in [6.07, 6.45) is 0. The van der Waals surface area contributed by atoms with Crippen molar-refractivity contribution in [2.75, 3.05) is 28.0 Å². The van der Waals surface area contributed by atoms with Crippen molar-refractivity contribution < 1.29 is 18.7 Å². The summed E-state index contributed by atoms with van der Waals surface area (Å²) in [7, 11) is 4.91. The molecule has 1 aromatic heterocycles. The zero-order chi connectivity index (χ0) is 14.0. The first-order chi connectivity index (χ1) is 9.02. The van der Waals surface area contributed by atoms with E-state index in [1.54, 1.807) is 39.4 Å². The monoisotopic (exact) mass is 327 g/mol. The van der Waals surface area contributed by atoms with Crippen LogP contribution >= 0.6 is 15.9 Å². The fourth-order valence-electron chi connectivity index (χ4n) is 1.60. The molecular weight excluding hydrogens is 314 g/mol. The van der Waals surface area contributed by atoms with Crippen LogP contribution in [0.1, 0.15) is 10.6 Å². The van der Waals surface area contributed by atoms with Gasteiger partial charge in [-0.3, -0.25) is 4.79 Å². The van der Waals surface area contributed by atoms with Gasteiger partial charge in [-0.25, -0.2) is 0 Å². The fourth-order valence-corrected chi connectivity index (χ4v) is 2.04. The highest BCUT2D eigenvalue weighted by Crippen LogP contribution is 2.32. The third-order valence-electron chi connectivity index (χ3n) is 2.52. The molecule has 1 amide bonds. The van der Waals surface area contributed by atoms with E-state index >= 15 is 0 Å². The number of halogens is 1. The lowest BCUT2D eigenvalue weighted by Gasteiger charge is -2.06. The molecule has 0 atom stereocenters. The molecule has 0 saturated carbocycles. The topological polar surface area (TPSA) is 51.9 Å². The van der Waals surface area contributed by atoms with Gasteiger partial charge in [0.05, 0.1) is 4.47 Å². The van der Waals surface area contributed by atoms with Gasteiger partial charge in [0.15, 0.2) is 12.6 Å². The number of fused-ring (bicyclic) bond motifs is 1. The van der Waals surface area contributed by atoms with Crippen molar-refractivity contribution in [3.05, 3.63) is 28.4 Å². The number of furan rings is 1. The number of benzene rings is 1. The molecule has 19 heavy (non-hydrogen) atoms. The van der Waals surface area contributed by atoms with Crippen LogP contribution in [0.5, 0.6) is 5.75 Å². The standard InChI is InChI=1S/C13H14BrNO4/c1-15(2)13(16)12-5-8-4-11(18-7-17-3)9(14)6-10(8)19-12/h4-6H,7H2,1-3H3. The van der Waals surface area contributed by atoms with Crippen molar-refractivity contribution in [2.45, 2.75) is 0 Å². The van der Waals surface area contributed by atoms with Crippen LogP contribution in [0, 0.1) is 0 Å². The Labute approximate surface area is 119 Å². The van der Waals surface area contributed by atoms with Crippen LogP contribution in [0.25, 0.3) is 11.0 Å². The summed E-state index contributed by atoms with van der Waals surface area (Å²) in [4.78, 5) is 13.3. The predicted molar refractivity (Wildman–Crippen MR) is 74.4 cm³/mol. The average molecular weight is 328 g/mol. The van der Waals surface area contributed by atoms with E-state index in [0.717, 1.165) is 9.86 Å². The smallest absolute Gasteiger partial charge is 0.289 e. The average Bonchev–Trinajstić information content (AvgIpc) is 2.77. The number of amides is 1. The van der Waals surface area contributed by atoms with E-state index in [4.69, 9.17) is 13.9 Å². The van der Waals surface area contributed by atoms with Gasteiger partial charge in [0.2, 0.25) is 0 Å². The van der Waals surface area contributed by atoms with Crippen LogP contribution in [0.3, 0.4) is 0 Å². The lowest BCUT2D eigenvalue weighted by Crippen LogP contribution is -2.20. The normalized spacial score (nSPS) is 10.7. The van der Waals surface area contributed by atoms with Gasteiger partial charge < -0.3 is 18.8 Å². The van der Waals surface area contributed by atoms with E-state index in [9.17, 15) is 4.79 Å². The molecule has 0 spiro atoms. The molecule has 0 unspecified atom stereocenters. The summed E-state index contributed by atoms with van der Waals surface area (Å²) in [5.41, 5.74) is 0.627. The van der Waals surface area contributed by atoms with Crippen molar-refractivity contribution in [1.82, 2.24) is 4.90 Å². The number of carbonyl (C=O) groups is 1. The Morgan fingerprint density at radius 2 is 2.11 bits per heavy atom. The van der Waals surface area contributed by atoms with Gasteiger partial charge in [0.25, 0.3) is 5.91 Å². The second-order valence-electron chi connectivity index (χ2n) is 4.18. The van der Waals surface area contributed by atoms with E-state index in [0.29, 0.717) is 17.1 Å². The molecule has 0 aliphatic carbocycles. The second-order valence-corrected chi connectivity index (χ2v) is 5.04. The molecule has 0 radical (unpaired) electrons. The van der Waals surface area contributed by atoms with Crippen molar-refractivity contribution in [2.24, 2.45) is 0 Å². The summed E-state index contributed by atoms with van der Waals surface area (Å²) in [6, 6.07) is 5.27. The SMILES string of the molecule is COCOc1cc2cc(C(=O)N(C)C)oc2cc1Br. The van der Waals surface area contributed by atoms with Gasteiger partial charge in [0.1, 0.15) is 11.3 Å². The molecule has 0 saturated heterocycles. The van der Waals surface area contributed by atoms with E-state index in [-0.39, 0.29) is 12.7 Å². The van der Waals surface area contributed by atoms with Crippen molar-refractivity contribution >= 4 is 32.8 Å². The number of methoxy groups -OCH3 is 1. The minimum absolute atomic E-state index is 0.158. The van der Waals surface area contributed by atoms with Gasteiger partial charge in [-0.05, 0) is 34.1 Å². The van der Waals surface area contributed by atoms with Crippen LogP contribution in [-0.2, 0) is 4.74 Å². The molecule has 0 aliphatic rings. The highest BCUT2D eigenvalue weighted by molar-refractivity contribution is 9.10. The largest absolute Gasteiger partial charge is 0.466 e. The minimum atomic E-state index is -0.174. The Balaban J connectivity index is 2.40. The van der Waals surface area contributed by atoms with Gasteiger partial charge in [-0.15, -0.1) is 0 Å². The Morgan fingerprint density at radius 1 is 1.37 bits per heavy atom. The van der Waals surface area contributed by atoms with Crippen LogP contribution in [0.4, 0.5) is 0 Å². The van der Waals surface area contributed by atoms with Crippen LogP contribution in [0.15, 0.2) is 27.1 Å². The van der Waals surface area contributed by atoms with Crippen LogP contribution in [0.2, 0.25) is 0 Å².